The number of methoxy groups -OCH3 is 1. The maximum absolute atomic E-state index is 11.5. The molecule has 1 amide bonds. The zero-order valence-corrected chi connectivity index (χ0v) is 10.9. The Balaban J connectivity index is 3.99. The van der Waals surface area contributed by atoms with Crippen molar-refractivity contribution < 1.29 is 19.4 Å². The predicted octanol–water partition coefficient (Wildman–Crippen LogP) is 1.56. The van der Waals surface area contributed by atoms with Gasteiger partial charge in [-0.25, -0.2) is 4.79 Å². The Kier molecular flexibility index (Phi) is 8.40. The lowest BCUT2D eigenvalue weighted by molar-refractivity contribution is -0.142. The third kappa shape index (κ3) is 7.74. The molecule has 0 radical (unpaired) electrons. The molecule has 2 atom stereocenters. The maximum atomic E-state index is 11.5. The molecule has 2 N–H and O–H groups in total. The van der Waals surface area contributed by atoms with Gasteiger partial charge in [0.25, 0.3) is 0 Å². The van der Waals surface area contributed by atoms with Crippen LogP contribution in [0.3, 0.4) is 0 Å². The quantitative estimate of drug-likeness (QED) is 0.646. The molecular formula is C12H23NO4. The minimum Gasteiger partial charge on any atom is -0.480 e. The zero-order chi connectivity index (χ0) is 13.3. The zero-order valence-electron chi connectivity index (χ0n) is 10.9. The van der Waals surface area contributed by atoms with Crippen molar-refractivity contribution in [1.29, 1.82) is 0 Å². The van der Waals surface area contributed by atoms with Gasteiger partial charge in [0, 0.05) is 13.5 Å². The maximum Gasteiger partial charge on any atom is 0.326 e. The number of hydrogen-bond donors (Lipinski definition) is 2. The van der Waals surface area contributed by atoms with E-state index in [9.17, 15) is 9.59 Å². The van der Waals surface area contributed by atoms with Crippen LogP contribution >= 0.6 is 0 Å². The van der Waals surface area contributed by atoms with E-state index in [0.29, 0.717) is 19.3 Å². The number of aliphatic carboxylic acids is 1. The van der Waals surface area contributed by atoms with E-state index in [1.54, 1.807) is 7.11 Å². The molecule has 0 aromatic carbocycles. The molecule has 5 heteroatoms. The molecule has 0 aliphatic carbocycles. The second kappa shape index (κ2) is 8.98. The van der Waals surface area contributed by atoms with E-state index in [1.807, 2.05) is 13.8 Å². The highest BCUT2D eigenvalue weighted by Gasteiger charge is 2.19. The van der Waals surface area contributed by atoms with Crippen LogP contribution in [0.5, 0.6) is 0 Å². The summed E-state index contributed by atoms with van der Waals surface area (Å²) in [6, 6.07) is -0.764. The Morgan fingerprint density at radius 3 is 2.47 bits per heavy atom. The molecule has 0 aliphatic rings. The molecule has 0 aliphatic heterocycles. The van der Waals surface area contributed by atoms with Crippen LogP contribution in [-0.2, 0) is 14.3 Å². The van der Waals surface area contributed by atoms with Gasteiger partial charge >= 0.3 is 5.97 Å². The van der Waals surface area contributed by atoms with Crippen molar-refractivity contribution in [3.05, 3.63) is 0 Å². The summed E-state index contributed by atoms with van der Waals surface area (Å²) in [4.78, 5) is 22.4. The van der Waals surface area contributed by atoms with E-state index in [2.05, 4.69) is 5.32 Å². The lowest BCUT2D eigenvalue weighted by Gasteiger charge is -2.15. The van der Waals surface area contributed by atoms with Crippen LogP contribution in [0.15, 0.2) is 0 Å². The molecule has 0 aromatic heterocycles. The normalized spacial score (nSPS) is 14.1. The number of carboxylic acids is 1. The van der Waals surface area contributed by atoms with Crippen molar-refractivity contribution in [2.45, 2.75) is 58.1 Å². The number of carboxylic acid groups (broad SMARTS) is 1. The average molecular weight is 245 g/mol. The Hall–Kier alpha value is -1.10. The summed E-state index contributed by atoms with van der Waals surface area (Å²) >= 11 is 0. The van der Waals surface area contributed by atoms with Crippen LogP contribution in [0.1, 0.15) is 46.0 Å². The SMILES string of the molecule is CCCCC(NC(=O)CCC(C)OC)C(=O)O. The topological polar surface area (TPSA) is 75.6 Å². The summed E-state index contributed by atoms with van der Waals surface area (Å²) < 4.78 is 5.02. The highest BCUT2D eigenvalue weighted by atomic mass is 16.5. The van der Waals surface area contributed by atoms with Gasteiger partial charge in [-0.2, -0.15) is 0 Å². The minimum atomic E-state index is -0.966. The number of unbranched alkanes of at least 4 members (excludes halogenated alkanes) is 1. The largest absolute Gasteiger partial charge is 0.480 e. The summed E-state index contributed by atoms with van der Waals surface area (Å²) in [6.07, 6.45) is 3.11. The lowest BCUT2D eigenvalue weighted by Crippen LogP contribution is -2.40. The smallest absolute Gasteiger partial charge is 0.326 e. The molecule has 0 bridgehead atoms. The highest BCUT2D eigenvalue weighted by molar-refractivity contribution is 5.83. The molecular weight excluding hydrogens is 222 g/mol. The summed E-state index contributed by atoms with van der Waals surface area (Å²) in [5.74, 6) is -1.19. The minimum absolute atomic E-state index is 0.0136. The third-order valence-corrected chi connectivity index (χ3v) is 2.66. The number of carbonyl (C=O) groups is 2. The predicted molar refractivity (Wildman–Crippen MR) is 64.8 cm³/mol. The van der Waals surface area contributed by atoms with Gasteiger partial charge in [0.1, 0.15) is 6.04 Å². The monoisotopic (exact) mass is 245 g/mol. The number of nitrogens with one attached hydrogen (secondary N) is 1. The van der Waals surface area contributed by atoms with Gasteiger partial charge in [0.15, 0.2) is 0 Å². The second-order valence-corrected chi connectivity index (χ2v) is 4.19. The molecule has 100 valence electrons. The van der Waals surface area contributed by atoms with Crippen LogP contribution in [0.2, 0.25) is 0 Å². The third-order valence-electron chi connectivity index (χ3n) is 2.66. The van der Waals surface area contributed by atoms with Gasteiger partial charge < -0.3 is 15.2 Å². The van der Waals surface area contributed by atoms with Gasteiger partial charge in [-0.3, -0.25) is 4.79 Å². The van der Waals surface area contributed by atoms with Gasteiger partial charge in [0.2, 0.25) is 5.91 Å². The van der Waals surface area contributed by atoms with Crippen LogP contribution in [0.4, 0.5) is 0 Å². The molecule has 5 nitrogen and oxygen atoms in total. The number of carbonyl (C=O) groups excluding carboxylic acids is 1. The van der Waals surface area contributed by atoms with Crippen LogP contribution < -0.4 is 5.32 Å². The van der Waals surface area contributed by atoms with E-state index in [1.165, 1.54) is 0 Å². The van der Waals surface area contributed by atoms with Crippen molar-refractivity contribution in [2.75, 3.05) is 7.11 Å². The van der Waals surface area contributed by atoms with Gasteiger partial charge in [-0.05, 0) is 19.8 Å². The second-order valence-electron chi connectivity index (χ2n) is 4.19. The number of amides is 1. The molecule has 0 rings (SSSR count). The molecule has 0 saturated heterocycles. The first-order valence-electron chi connectivity index (χ1n) is 6.06. The van der Waals surface area contributed by atoms with Crippen molar-refractivity contribution >= 4 is 11.9 Å². The van der Waals surface area contributed by atoms with Gasteiger partial charge in [0.05, 0.1) is 6.10 Å². The van der Waals surface area contributed by atoms with E-state index < -0.39 is 12.0 Å². The summed E-state index contributed by atoms with van der Waals surface area (Å²) in [7, 11) is 1.59. The van der Waals surface area contributed by atoms with Crippen LogP contribution in [0, 0.1) is 0 Å². The van der Waals surface area contributed by atoms with Crippen molar-refractivity contribution in [1.82, 2.24) is 5.32 Å². The van der Waals surface area contributed by atoms with Crippen molar-refractivity contribution in [3.63, 3.8) is 0 Å². The standard InChI is InChI=1S/C12H23NO4/c1-4-5-6-10(12(15)16)13-11(14)8-7-9(2)17-3/h9-10H,4-8H2,1-3H3,(H,13,14)(H,15,16). The first-order chi connectivity index (χ1) is 8.01. The van der Waals surface area contributed by atoms with Crippen LogP contribution in [0.25, 0.3) is 0 Å². The number of rotatable bonds is 9. The fraction of sp³-hybridized carbons (Fsp3) is 0.833. The molecule has 17 heavy (non-hydrogen) atoms. The molecule has 0 fully saturated rings. The fourth-order valence-corrected chi connectivity index (χ4v) is 1.38. The van der Waals surface area contributed by atoms with E-state index in [4.69, 9.17) is 9.84 Å². The van der Waals surface area contributed by atoms with Gasteiger partial charge in [-0.15, -0.1) is 0 Å². The molecule has 0 spiro atoms. The number of ether oxygens (including phenoxy) is 1. The Morgan fingerprint density at radius 2 is 2.00 bits per heavy atom. The van der Waals surface area contributed by atoms with Crippen molar-refractivity contribution in [3.8, 4) is 0 Å². The van der Waals surface area contributed by atoms with E-state index >= 15 is 0 Å². The Bertz CT molecular complexity index is 243. The Morgan fingerprint density at radius 1 is 1.35 bits per heavy atom. The average Bonchev–Trinajstić information content (AvgIpc) is 2.30. The first-order valence-corrected chi connectivity index (χ1v) is 6.06. The molecule has 0 saturated carbocycles. The lowest BCUT2D eigenvalue weighted by atomic mass is 10.1. The number of hydrogen-bond acceptors (Lipinski definition) is 3. The van der Waals surface area contributed by atoms with E-state index in [0.717, 1.165) is 12.8 Å². The van der Waals surface area contributed by atoms with E-state index in [-0.39, 0.29) is 12.0 Å². The fourth-order valence-electron chi connectivity index (χ4n) is 1.38. The molecule has 0 heterocycles. The van der Waals surface area contributed by atoms with Crippen LogP contribution in [-0.4, -0.2) is 36.2 Å². The molecule has 0 aromatic rings. The summed E-state index contributed by atoms with van der Waals surface area (Å²) in [6.45, 7) is 3.86. The first kappa shape index (κ1) is 15.9. The highest BCUT2D eigenvalue weighted by Crippen LogP contribution is 2.04. The van der Waals surface area contributed by atoms with Crippen molar-refractivity contribution in [2.24, 2.45) is 0 Å². The summed E-state index contributed by atoms with van der Waals surface area (Å²) in [5.41, 5.74) is 0. The Labute approximate surface area is 103 Å². The summed E-state index contributed by atoms with van der Waals surface area (Å²) in [5, 5.41) is 11.5. The molecule has 2 unspecified atom stereocenters. The van der Waals surface area contributed by atoms with Gasteiger partial charge in [-0.1, -0.05) is 19.8 Å².